The van der Waals surface area contributed by atoms with Crippen LogP contribution in [-0.2, 0) is 6.54 Å². The predicted molar refractivity (Wildman–Crippen MR) is 58.8 cm³/mol. The SMILES string of the molecule is C=Nc1cccc2cc(CN)cnc12. The molecule has 0 bridgehead atoms. The standard InChI is InChI=1S/C11H11N3/c1-13-10-4-2-3-9-5-8(6-12)7-14-11(9)10/h2-5,7H,1,6,12H2. The summed E-state index contributed by atoms with van der Waals surface area (Å²) in [7, 11) is 0. The van der Waals surface area contributed by atoms with Crippen molar-refractivity contribution in [2.45, 2.75) is 6.54 Å². The number of hydrogen-bond donors (Lipinski definition) is 1. The van der Waals surface area contributed by atoms with E-state index in [9.17, 15) is 0 Å². The second-order valence-electron chi connectivity index (χ2n) is 3.05. The van der Waals surface area contributed by atoms with Crippen molar-refractivity contribution in [2.75, 3.05) is 0 Å². The molecule has 0 aliphatic heterocycles. The molecular formula is C11H11N3. The van der Waals surface area contributed by atoms with Gasteiger partial charge >= 0.3 is 0 Å². The fraction of sp³-hybridized carbons (Fsp3) is 0.0909. The molecule has 3 heteroatoms. The van der Waals surface area contributed by atoms with E-state index >= 15 is 0 Å². The molecule has 2 rings (SSSR count). The number of pyridine rings is 1. The molecule has 14 heavy (non-hydrogen) atoms. The summed E-state index contributed by atoms with van der Waals surface area (Å²) in [5.74, 6) is 0. The molecular weight excluding hydrogens is 174 g/mol. The molecule has 0 radical (unpaired) electrons. The van der Waals surface area contributed by atoms with E-state index in [0.29, 0.717) is 6.54 Å². The van der Waals surface area contributed by atoms with Gasteiger partial charge in [-0.05, 0) is 24.4 Å². The molecule has 1 heterocycles. The second-order valence-corrected chi connectivity index (χ2v) is 3.05. The van der Waals surface area contributed by atoms with E-state index < -0.39 is 0 Å². The number of nitrogens with zero attached hydrogens (tertiary/aromatic N) is 2. The normalized spacial score (nSPS) is 10.4. The lowest BCUT2D eigenvalue weighted by Crippen LogP contribution is -1.96. The van der Waals surface area contributed by atoms with Crippen molar-refractivity contribution in [1.82, 2.24) is 4.98 Å². The van der Waals surface area contributed by atoms with Gasteiger partial charge in [-0.25, -0.2) is 0 Å². The Bertz CT molecular complexity index is 477. The highest BCUT2D eigenvalue weighted by atomic mass is 14.8. The molecule has 3 nitrogen and oxygen atoms in total. The third kappa shape index (κ3) is 1.38. The zero-order chi connectivity index (χ0) is 9.97. The average Bonchev–Trinajstić information content (AvgIpc) is 2.27. The van der Waals surface area contributed by atoms with Gasteiger partial charge in [0.2, 0.25) is 0 Å². The Balaban J connectivity index is 2.73. The van der Waals surface area contributed by atoms with Gasteiger partial charge < -0.3 is 5.73 Å². The highest BCUT2D eigenvalue weighted by molar-refractivity contribution is 5.89. The monoisotopic (exact) mass is 185 g/mol. The van der Waals surface area contributed by atoms with Crippen molar-refractivity contribution in [3.63, 3.8) is 0 Å². The Morgan fingerprint density at radius 3 is 3.00 bits per heavy atom. The van der Waals surface area contributed by atoms with Gasteiger partial charge in [-0.2, -0.15) is 0 Å². The molecule has 0 aliphatic rings. The van der Waals surface area contributed by atoms with Gasteiger partial charge in [0.05, 0.1) is 11.2 Å². The summed E-state index contributed by atoms with van der Waals surface area (Å²) >= 11 is 0. The van der Waals surface area contributed by atoms with Crippen molar-refractivity contribution in [3.8, 4) is 0 Å². The maximum Gasteiger partial charge on any atom is 0.0958 e. The van der Waals surface area contributed by atoms with Gasteiger partial charge in [0.25, 0.3) is 0 Å². The van der Waals surface area contributed by atoms with Crippen LogP contribution in [0.5, 0.6) is 0 Å². The molecule has 1 aromatic heterocycles. The second kappa shape index (κ2) is 3.55. The number of benzene rings is 1. The Morgan fingerprint density at radius 2 is 2.29 bits per heavy atom. The Morgan fingerprint density at radius 1 is 1.43 bits per heavy atom. The molecule has 0 aliphatic carbocycles. The number of rotatable bonds is 2. The number of hydrogen-bond acceptors (Lipinski definition) is 3. The summed E-state index contributed by atoms with van der Waals surface area (Å²) in [6.45, 7) is 4.02. The van der Waals surface area contributed by atoms with Crippen LogP contribution in [0.15, 0.2) is 35.5 Å². The lowest BCUT2D eigenvalue weighted by atomic mass is 10.1. The number of fused-ring (bicyclic) bond motifs is 1. The first-order valence-electron chi connectivity index (χ1n) is 4.39. The summed E-state index contributed by atoms with van der Waals surface area (Å²) in [5.41, 5.74) is 8.25. The van der Waals surface area contributed by atoms with Crippen LogP contribution in [0.3, 0.4) is 0 Å². The first-order valence-corrected chi connectivity index (χ1v) is 4.39. The third-order valence-corrected chi connectivity index (χ3v) is 2.15. The summed E-state index contributed by atoms with van der Waals surface area (Å²) in [6.07, 6.45) is 1.77. The quantitative estimate of drug-likeness (QED) is 0.728. The Kier molecular flexibility index (Phi) is 2.24. The Hall–Kier alpha value is -1.74. The number of aromatic nitrogens is 1. The summed E-state index contributed by atoms with van der Waals surface area (Å²) < 4.78 is 0. The molecule has 0 saturated carbocycles. The third-order valence-electron chi connectivity index (χ3n) is 2.15. The van der Waals surface area contributed by atoms with Crippen molar-refractivity contribution in [3.05, 3.63) is 36.0 Å². The van der Waals surface area contributed by atoms with E-state index in [1.165, 1.54) is 0 Å². The Labute approximate surface area is 82.3 Å². The van der Waals surface area contributed by atoms with Crippen molar-refractivity contribution >= 4 is 23.3 Å². The number of nitrogens with two attached hydrogens (primary N) is 1. The maximum absolute atomic E-state index is 5.54. The topological polar surface area (TPSA) is 51.3 Å². The largest absolute Gasteiger partial charge is 0.326 e. The van der Waals surface area contributed by atoms with Crippen LogP contribution in [0, 0.1) is 0 Å². The zero-order valence-corrected chi connectivity index (χ0v) is 7.77. The van der Waals surface area contributed by atoms with E-state index in [0.717, 1.165) is 22.2 Å². The summed E-state index contributed by atoms with van der Waals surface area (Å²) in [4.78, 5) is 8.22. The smallest absolute Gasteiger partial charge is 0.0958 e. The highest BCUT2D eigenvalue weighted by Crippen LogP contribution is 2.23. The van der Waals surface area contributed by atoms with Crippen molar-refractivity contribution < 1.29 is 0 Å². The van der Waals surface area contributed by atoms with Crippen LogP contribution in [0.4, 0.5) is 5.69 Å². The fourth-order valence-corrected chi connectivity index (χ4v) is 1.43. The molecule has 0 atom stereocenters. The van der Waals surface area contributed by atoms with E-state index in [-0.39, 0.29) is 0 Å². The van der Waals surface area contributed by atoms with Crippen LogP contribution in [0.25, 0.3) is 10.9 Å². The minimum absolute atomic E-state index is 0.509. The molecule has 2 aromatic rings. The van der Waals surface area contributed by atoms with E-state index in [1.807, 2.05) is 24.3 Å². The molecule has 2 N–H and O–H groups in total. The number of aliphatic imine (C=N–C) groups is 1. The van der Waals surface area contributed by atoms with Crippen LogP contribution < -0.4 is 5.73 Å². The van der Waals surface area contributed by atoms with Crippen LogP contribution in [-0.4, -0.2) is 11.7 Å². The van der Waals surface area contributed by atoms with E-state index in [1.54, 1.807) is 6.20 Å². The molecule has 0 amide bonds. The van der Waals surface area contributed by atoms with Gasteiger partial charge in [0.1, 0.15) is 0 Å². The van der Waals surface area contributed by atoms with Crippen LogP contribution in [0.1, 0.15) is 5.56 Å². The van der Waals surface area contributed by atoms with Gasteiger partial charge in [0.15, 0.2) is 0 Å². The molecule has 0 fully saturated rings. The van der Waals surface area contributed by atoms with Gasteiger partial charge in [-0.15, -0.1) is 0 Å². The summed E-state index contributed by atoms with van der Waals surface area (Å²) in [5, 5.41) is 1.05. The molecule has 0 spiro atoms. The van der Waals surface area contributed by atoms with Gasteiger partial charge in [0, 0.05) is 18.1 Å². The predicted octanol–water partition coefficient (Wildman–Crippen LogP) is 2.03. The molecule has 1 aromatic carbocycles. The highest BCUT2D eigenvalue weighted by Gasteiger charge is 2.00. The van der Waals surface area contributed by atoms with E-state index in [4.69, 9.17) is 5.73 Å². The molecule has 70 valence electrons. The first-order chi connectivity index (χ1) is 6.85. The zero-order valence-electron chi connectivity index (χ0n) is 7.77. The lowest BCUT2D eigenvalue weighted by Gasteiger charge is -2.02. The van der Waals surface area contributed by atoms with Crippen molar-refractivity contribution in [2.24, 2.45) is 10.7 Å². The van der Waals surface area contributed by atoms with Crippen molar-refractivity contribution in [1.29, 1.82) is 0 Å². The van der Waals surface area contributed by atoms with Crippen LogP contribution >= 0.6 is 0 Å². The first kappa shape index (κ1) is 8.84. The van der Waals surface area contributed by atoms with Gasteiger partial charge in [-0.1, -0.05) is 12.1 Å². The number of para-hydroxylation sites is 1. The van der Waals surface area contributed by atoms with E-state index in [2.05, 4.69) is 16.7 Å². The van der Waals surface area contributed by atoms with Gasteiger partial charge in [-0.3, -0.25) is 9.98 Å². The molecule has 0 unspecified atom stereocenters. The van der Waals surface area contributed by atoms with Crippen LogP contribution in [0.2, 0.25) is 0 Å². The fourth-order valence-electron chi connectivity index (χ4n) is 1.43. The maximum atomic E-state index is 5.54. The minimum Gasteiger partial charge on any atom is -0.326 e. The minimum atomic E-state index is 0.509. The summed E-state index contributed by atoms with van der Waals surface area (Å²) in [6, 6.07) is 7.85. The lowest BCUT2D eigenvalue weighted by molar-refractivity contribution is 1.06. The average molecular weight is 185 g/mol. The molecule has 0 saturated heterocycles.